The Morgan fingerprint density at radius 3 is 0.354 bits per heavy atom. The monoisotopic (exact) mass is 1970 g/mol. The van der Waals surface area contributed by atoms with Crippen molar-refractivity contribution in [3.63, 3.8) is 0 Å². The summed E-state index contributed by atoms with van der Waals surface area (Å²) in [5.74, 6) is 0.873. The van der Waals surface area contributed by atoms with Gasteiger partial charge in [0.25, 0.3) is 0 Å². The van der Waals surface area contributed by atoms with Gasteiger partial charge in [-0.3, -0.25) is 0 Å². The number of halogens is 8. The lowest BCUT2D eigenvalue weighted by Crippen LogP contribution is -2.21. The van der Waals surface area contributed by atoms with Gasteiger partial charge in [-0.1, -0.05) is 387 Å². The fourth-order valence-corrected chi connectivity index (χ4v) is 15.7. The van der Waals surface area contributed by atoms with Crippen molar-refractivity contribution in [2.45, 2.75) is 110 Å². The molecule has 8 heteroatoms. The van der Waals surface area contributed by atoms with Crippen molar-refractivity contribution in [1.29, 1.82) is 0 Å². The fourth-order valence-electron chi connectivity index (χ4n) is 11.6. The van der Waals surface area contributed by atoms with Gasteiger partial charge in [-0.05, 0) is 186 Å². The van der Waals surface area contributed by atoms with Crippen LogP contribution in [0.4, 0.5) is 0 Å². The minimum absolute atomic E-state index is 0.218. The Balaban J connectivity index is 1.36. The predicted octanol–water partition coefficient (Wildman–Crippen LogP) is 23.4. The smallest absolute Gasteiger partial charge is 0.0247 e. The summed E-state index contributed by atoms with van der Waals surface area (Å²) in [7, 11) is 0. The first-order valence-electron chi connectivity index (χ1n) is 28.4. The Bertz CT molecular complexity index is 2700. The number of rotatable bonds is 28. The maximum atomic E-state index is 2.84. The van der Waals surface area contributed by atoms with Crippen molar-refractivity contribution < 1.29 is 0 Å². The van der Waals surface area contributed by atoms with E-state index < -0.39 is 0 Å². The van der Waals surface area contributed by atoms with Crippen LogP contribution in [0, 0.1) is 0 Å². The number of hydrogen-bond donors (Lipinski definition) is 0. The SMILES string of the molecule is ICc1ccc(CC(Cc2ccc(CI)cc2)c2cc(C(Cc3ccc(CI)cc3)Cc3ccc(CI)cc3)c(C(Cc3ccc(CI)cc3)Cc3ccc(CI)cc3)cc2C(Cc2ccc(CI)cc2)Cc2ccc(CI)cc2)cc1. The summed E-state index contributed by atoms with van der Waals surface area (Å²) in [6.45, 7) is 0. The normalized spacial score (nSPS) is 11.7. The Morgan fingerprint density at radius 1 is 0.159 bits per heavy atom. The molecule has 0 amide bonds. The van der Waals surface area contributed by atoms with Gasteiger partial charge in [0.15, 0.2) is 0 Å². The van der Waals surface area contributed by atoms with E-state index in [1.165, 1.54) is 111 Å². The van der Waals surface area contributed by atoms with Crippen molar-refractivity contribution in [3.8, 4) is 0 Å². The van der Waals surface area contributed by atoms with Crippen LogP contribution in [0.5, 0.6) is 0 Å². The second kappa shape index (κ2) is 34.0. The van der Waals surface area contributed by atoms with Gasteiger partial charge in [-0.2, -0.15) is 0 Å². The van der Waals surface area contributed by atoms with E-state index in [9.17, 15) is 0 Å². The average Bonchev–Trinajstić information content (AvgIpc) is 3.61. The number of hydrogen-bond acceptors (Lipinski definition) is 0. The standard InChI is InChI=1S/C74H70I8/c75-43-59-17-1-51(2-18-59)33-67(34-52-3-19-60(44-76)20-4-52)71-41-73(69(37-55-9-25-63(47-79)26-10-55)38-56-11-27-64(48-80)28-12-56)74(70(39-57-13-29-65(49-81)30-14-57)40-58-15-31-66(50-82)32-16-58)42-72(71)68(35-53-5-21-61(45-77)22-6-53)36-54-7-23-62(46-78)24-8-54/h1-32,41-42,67-70H,33-40,43-50H2. The van der Waals surface area contributed by atoms with Crippen molar-refractivity contribution in [3.05, 3.63) is 318 Å². The van der Waals surface area contributed by atoms with Crippen LogP contribution in [0.15, 0.2) is 206 Å². The van der Waals surface area contributed by atoms with Gasteiger partial charge < -0.3 is 0 Å². The molecule has 0 saturated carbocycles. The molecule has 0 aliphatic rings. The van der Waals surface area contributed by atoms with E-state index in [-0.39, 0.29) is 23.7 Å². The third kappa shape index (κ3) is 18.9. The predicted molar refractivity (Wildman–Crippen MR) is 420 cm³/mol. The summed E-state index contributed by atoms with van der Waals surface area (Å²) in [6.07, 6.45) is 7.66. The van der Waals surface area contributed by atoms with Crippen LogP contribution in [-0.2, 0) is 86.8 Å². The second-order valence-corrected chi connectivity index (χ2v) is 28.2. The van der Waals surface area contributed by atoms with Gasteiger partial charge in [0.2, 0.25) is 0 Å². The van der Waals surface area contributed by atoms with Crippen molar-refractivity contribution in [1.82, 2.24) is 0 Å². The maximum Gasteiger partial charge on any atom is 0.0247 e. The highest BCUT2D eigenvalue weighted by Crippen LogP contribution is 2.44. The Hall–Kier alpha value is -1.18. The zero-order chi connectivity index (χ0) is 57.2. The Kier molecular flexibility index (Phi) is 27.0. The van der Waals surface area contributed by atoms with Crippen LogP contribution in [0.1, 0.15) is 135 Å². The van der Waals surface area contributed by atoms with Crippen LogP contribution >= 0.6 is 181 Å². The van der Waals surface area contributed by atoms with E-state index in [2.05, 4.69) is 387 Å². The highest BCUT2D eigenvalue weighted by atomic mass is 127. The molecule has 0 spiro atoms. The van der Waals surface area contributed by atoms with Crippen molar-refractivity contribution in [2.24, 2.45) is 0 Å². The molecule has 0 fully saturated rings. The zero-order valence-electron chi connectivity index (χ0n) is 46.3. The quantitative estimate of drug-likeness (QED) is 0.0339. The number of alkyl halides is 8. The van der Waals surface area contributed by atoms with Crippen molar-refractivity contribution in [2.75, 3.05) is 0 Å². The van der Waals surface area contributed by atoms with Crippen LogP contribution in [0.2, 0.25) is 0 Å². The Morgan fingerprint density at radius 2 is 0.256 bits per heavy atom. The summed E-state index contributed by atoms with van der Waals surface area (Å²) in [5.41, 5.74) is 28.4. The average molecular weight is 1970 g/mol. The minimum atomic E-state index is 0.218. The summed E-state index contributed by atoms with van der Waals surface area (Å²) in [5, 5.41) is 0. The zero-order valence-corrected chi connectivity index (χ0v) is 63.5. The lowest BCUT2D eigenvalue weighted by Gasteiger charge is -2.33. The van der Waals surface area contributed by atoms with Gasteiger partial charge in [-0.15, -0.1) is 0 Å². The summed E-state index contributed by atoms with van der Waals surface area (Å²) in [6, 6.07) is 82.5. The summed E-state index contributed by atoms with van der Waals surface area (Å²) >= 11 is 20.1. The minimum Gasteiger partial charge on any atom is -0.0812 e. The van der Waals surface area contributed by atoms with Crippen LogP contribution in [0.3, 0.4) is 0 Å². The highest BCUT2D eigenvalue weighted by molar-refractivity contribution is 14.1. The first-order chi connectivity index (χ1) is 40.2. The molecule has 0 unspecified atom stereocenters. The molecular weight excluding hydrogens is 1900 g/mol. The van der Waals surface area contributed by atoms with Gasteiger partial charge in [0, 0.05) is 35.4 Å². The molecule has 82 heavy (non-hydrogen) atoms. The van der Waals surface area contributed by atoms with E-state index in [0.717, 1.165) is 86.8 Å². The molecule has 9 rings (SSSR count). The van der Waals surface area contributed by atoms with Gasteiger partial charge in [-0.25, -0.2) is 0 Å². The molecule has 0 saturated heterocycles. The molecule has 0 nitrogen and oxygen atoms in total. The molecule has 422 valence electrons. The van der Waals surface area contributed by atoms with E-state index >= 15 is 0 Å². The topological polar surface area (TPSA) is 0 Å². The lowest BCUT2D eigenvalue weighted by molar-refractivity contribution is 0.599. The molecule has 0 aliphatic carbocycles. The number of benzene rings is 9. The lowest BCUT2D eigenvalue weighted by atomic mass is 9.71. The van der Waals surface area contributed by atoms with Gasteiger partial charge in [0.1, 0.15) is 0 Å². The van der Waals surface area contributed by atoms with Crippen molar-refractivity contribution >= 4 is 181 Å². The third-order valence-electron chi connectivity index (χ3n) is 16.3. The van der Waals surface area contributed by atoms with Crippen LogP contribution in [-0.4, -0.2) is 0 Å². The third-order valence-corrected chi connectivity index (χ3v) is 23.4. The highest BCUT2D eigenvalue weighted by Gasteiger charge is 2.31. The molecular formula is C74H70I8. The summed E-state index contributed by atoms with van der Waals surface area (Å²) < 4.78 is 8.06. The van der Waals surface area contributed by atoms with Crippen LogP contribution in [0.25, 0.3) is 0 Å². The van der Waals surface area contributed by atoms with Gasteiger partial charge >= 0.3 is 0 Å². The van der Waals surface area contributed by atoms with Crippen LogP contribution < -0.4 is 0 Å². The van der Waals surface area contributed by atoms with Gasteiger partial charge in [0.05, 0.1) is 0 Å². The molecule has 0 atom stereocenters. The molecule has 0 aromatic heterocycles. The Labute approximate surface area is 599 Å². The fraction of sp³-hybridized carbons (Fsp3) is 0.270. The molecule has 0 aliphatic heterocycles. The molecule has 0 heterocycles. The molecule has 9 aromatic rings. The van der Waals surface area contributed by atoms with E-state index in [4.69, 9.17) is 0 Å². The first-order valence-corrected chi connectivity index (χ1v) is 40.6. The molecule has 0 radical (unpaired) electrons. The largest absolute Gasteiger partial charge is 0.0812 e. The summed E-state index contributed by atoms with van der Waals surface area (Å²) in [4.78, 5) is 0. The second-order valence-electron chi connectivity index (χ2n) is 22.1. The molecule has 0 bridgehead atoms. The maximum absolute atomic E-state index is 2.84. The van der Waals surface area contributed by atoms with E-state index in [0.29, 0.717) is 0 Å². The molecule has 9 aromatic carbocycles. The van der Waals surface area contributed by atoms with E-state index in [1.807, 2.05) is 0 Å². The molecule has 0 N–H and O–H groups in total. The van der Waals surface area contributed by atoms with E-state index in [1.54, 1.807) is 0 Å². The first kappa shape index (κ1) is 65.3.